The number of amides is 1. The van der Waals surface area contributed by atoms with Gasteiger partial charge in [0.25, 0.3) is 0 Å². The van der Waals surface area contributed by atoms with Gasteiger partial charge >= 0.3 is 0 Å². The standard InChI is InChI=1S/C14H12ClN5O2S/c15-9-4-1-2-5-10(9)17-12(21)8-23-14-19-18-13(20(14)16)11-6-3-7-22-11/h1-7H,8,16H2,(H,17,21). The number of hydrogen-bond acceptors (Lipinski definition) is 6. The Bertz CT molecular complexity index is 818. The Labute approximate surface area is 140 Å². The second kappa shape index (κ2) is 6.76. The Kier molecular flexibility index (Phi) is 4.54. The molecule has 9 heteroatoms. The molecule has 0 aliphatic heterocycles. The van der Waals surface area contributed by atoms with Crippen molar-refractivity contribution in [3.05, 3.63) is 47.7 Å². The Hall–Kier alpha value is -2.45. The maximum Gasteiger partial charge on any atom is 0.234 e. The number of benzene rings is 1. The maximum absolute atomic E-state index is 12.0. The van der Waals surface area contributed by atoms with Crippen LogP contribution in [0.1, 0.15) is 0 Å². The fourth-order valence-corrected chi connectivity index (χ4v) is 2.67. The summed E-state index contributed by atoms with van der Waals surface area (Å²) in [5.74, 6) is 6.72. The molecule has 3 N–H and O–H groups in total. The molecule has 0 fully saturated rings. The SMILES string of the molecule is Nn1c(SCC(=O)Nc2ccccc2Cl)nnc1-c1ccco1. The van der Waals surface area contributed by atoms with Crippen LogP contribution in [0, 0.1) is 0 Å². The molecule has 1 amide bonds. The third-order valence-electron chi connectivity index (χ3n) is 2.89. The van der Waals surface area contributed by atoms with Gasteiger partial charge in [-0.1, -0.05) is 35.5 Å². The normalized spacial score (nSPS) is 10.7. The lowest BCUT2D eigenvalue weighted by Gasteiger charge is -2.06. The molecule has 0 atom stereocenters. The summed E-state index contributed by atoms with van der Waals surface area (Å²) < 4.78 is 6.51. The van der Waals surface area contributed by atoms with Crippen LogP contribution in [0.4, 0.5) is 5.69 Å². The second-order valence-corrected chi connectivity index (χ2v) is 5.82. The number of carbonyl (C=O) groups is 1. The minimum absolute atomic E-state index is 0.124. The largest absolute Gasteiger partial charge is 0.461 e. The van der Waals surface area contributed by atoms with E-state index in [0.717, 1.165) is 0 Å². The van der Waals surface area contributed by atoms with E-state index in [2.05, 4.69) is 15.5 Å². The lowest BCUT2D eigenvalue weighted by Crippen LogP contribution is -2.16. The van der Waals surface area contributed by atoms with Crippen molar-refractivity contribution in [2.75, 3.05) is 16.9 Å². The molecule has 3 rings (SSSR count). The molecule has 0 saturated heterocycles. The minimum atomic E-state index is -0.217. The Morgan fingerprint density at radius 2 is 2.13 bits per heavy atom. The van der Waals surface area contributed by atoms with E-state index in [4.69, 9.17) is 21.9 Å². The van der Waals surface area contributed by atoms with Gasteiger partial charge in [0.15, 0.2) is 5.76 Å². The van der Waals surface area contributed by atoms with Crippen molar-refractivity contribution in [1.82, 2.24) is 14.9 Å². The fourth-order valence-electron chi connectivity index (χ4n) is 1.83. The van der Waals surface area contributed by atoms with Crippen LogP contribution in [0.15, 0.2) is 52.2 Å². The number of nitrogens with one attached hydrogen (secondary N) is 1. The first-order chi connectivity index (χ1) is 11.1. The van der Waals surface area contributed by atoms with Crippen molar-refractivity contribution in [3.63, 3.8) is 0 Å². The van der Waals surface area contributed by atoms with Crippen LogP contribution in [0.3, 0.4) is 0 Å². The van der Waals surface area contributed by atoms with Gasteiger partial charge in [-0.3, -0.25) is 4.79 Å². The van der Waals surface area contributed by atoms with Crippen LogP contribution >= 0.6 is 23.4 Å². The van der Waals surface area contributed by atoms with E-state index >= 15 is 0 Å². The highest BCUT2D eigenvalue weighted by atomic mass is 35.5. The van der Waals surface area contributed by atoms with E-state index in [0.29, 0.717) is 27.5 Å². The number of halogens is 1. The van der Waals surface area contributed by atoms with E-state index in [1.54, 1.807) is 36.4 Å². The summed E-state index contributed by atoms with van der Waals surface area (Å²) in [7, 11) is 0. The molecule has 1 aromatic carbocycles. The zero-order valence-corrected chi connectivity index (χ0v) is 13.3. The molecule has 0 radical (unpaired) electrons. The average Bonchev–Trinajstić information content (AvgIpc) is 3.17. The molecule has 0 bridgehead atoms. The summed E-state index contributed by atoms with van der Waals surface area (Å²) in [6.45, 7) is 0. The average molecular weight is 350 g/mol. The number of furan rings is 1. The number of nitrogens with zero attached hydrogens (tertiary/aromatic N) is 3. The zero-order chi connectivity index (χ0) is 16.2. The molecule has 0 unspecified atom stereocenters. The summed E-state index contributed by atoms with van der Waals surface area (Å²) in [6.07, 6.45) is 1.52. The van der Waals surface area contributed by atoms with Gasteiger partial charge in [-0.15, -0.1) is 10.2 Å². The summed E-state index contributed by atoms with van der Waals surface area (Å²) in [5.41, 5.74) is 0.560. The van der Waals surface area contributed by atoms with Gasteiger partial charge in [-0.05, 0) is 24.3 Å². The van der Waals surface area contributed by atoms with Crippen molar-refractivity contribution >= 4 is 35.0 Å². The molecular formula is C14H12ClN5O2S. The van der Waals surface area contributed by atoms with Gasteiger partial charge in [0.1, 0.15) is 0 Å². The lowest BCUT2D eigenvalue weighted by molar-refractivity contribution is -0.113. The first-order valence-corrected chi connectivity index (χ1v) is 7.93. The topological polar surface area (TPSA) is 99.0 Å². The lowest BCUT2D eigenvalue weighted by atomic mass is 10.3. The molecule has 0 saturated carbocycles. The van der Waals surface area contributed by atoms with E-state index in [-0.39, 0.29) is 11.7 Å². The van der Waals surface area contributed by atoms with Gasteiger partial charge in [0.05, 0.1) is 22.7 Å². The highest BCUT2D eigenvalue weighted by Crippen LogP contribution is 2.23. The van der Waals surface area contributed by atoms with Crippen molar-refractivity contribution in [2.45, 2.75) is 5.16 Å². The van der Waals surface area contributed by atoms with Gasteiger partial charge in [0, 0.05) is 0 Å². The predicted molar refractivity (Wildman–Crippen MR) is 88.7 cm³/mol. The number of hydrogen-bond donors (Lipinski definition) is 2. The summed E-state index contributed by atoms with van der Waals surface area (Å²) in [4.78, 5) is 12.0. The van der Waals surface area contributed by atoms with Crippen LogP contribution in [0.25, 0.3) is 11.6 Å². The smallest absolute Gasteiger partial charge is 0.234 e. The quantitative estimate of drug-likeness (QED) is 0.542. The Morgan fingerprint density at radius 3 is 2.87 bits per heavy atom. The van der Waals surface area contributed by atoms with Crippen molar-refractivity contribution in [3.8, 4) is 11.6 Å². The molecule has 7 nitrogen and oxygen atoms in total. The van der Waals surface area contributed by atoms with Crippen molar-refractivity contribution < 1.29 is 9.21 Å². The molecule has 118 valence electrons. The Balaban J connectivity index is 1.63. The van der Waals surface area contributed by atoms with Gasteiger partial charge in [0.2, 0.25) is 16.9 Å². The summed E-state index contributed by atoms with van der Waals surface area (Å²) >= 11 is 7.16. The minimum Gasteiger partial charge on any atom is -0.461 e. The number of anilines is 1. The molecular weight excluding hydrogens is 338 g/mol. The van der Waals surface area contributed by atoms with E-state index < -0.39 is 0 Å². The van der Waals surface area contributed by atoms with Gasteiger partial charge < -0.3 is 15.6 Å². The van der Waals surface area contributed by atoms with Crippen molar-refractivity contribution in [1.29, 1.82) is 0 Å². The second-order valence-electron chi connectivity index (χ2n) is 4.47. The van der Waals surface area contributed by atoms with Crippen LogP contribution in [-0.2, 0) is 4.79 Å². The molecule has 0 spiro atoms. The number of thioether (sulfide) groups is 1. The summed E-state index contributed by atoms with van der Waals surface area (Å²) in [6, 6.07) is 10.5. The van der Waals surface area contributed by atoms with Gasteiger partial charge in [-0.25, -0.2) is 4.68 Å². The first-order valence-electron chi connectivity index (χ1n) is 6.56. The number of nitrogen functional groups attached to an aromatic ring is 1. The Morgan fingerprint density at radius 1 is 1.30 bits per heavy atom. The zero-order valence-electron chi connectivity index (χ0n) is 11.8. The monoisotopic (exact) mass is 349 g/mol. The molecule has 23 heavy (non-hydrogen) atoms. The maximum atomic E-state index is 12.0. The van der Waals surface area contributed by atoms with E-state index in [1.807, 2.05) is 0 Å². The number of carbonyl (C=O) groups excluding carboxylic acids is 1. The van der Waals surface area contributed by atoms with Crippen LogP contribution in [0.5, 0.6) is 0 Å². The molecule has 0 aliphatic rings. The highest BCUT2D eigenvalue weighted by Gasteiger charge is 2.15. The third-order valence-corrected chi connectivity index (χ3v) is 4.16. The number of nitrogens with two attached hydrogens (primary N) is 1. The van der Waals surface area contributed by atoms with Gasteiger partial charge in [-0.2, -0.15) is 0 Å². The van der Waals surface area contributed by atoms with Crippen LogP contribution in [-0.4, -0.2) is 26.5 Å². The third kappa shape index (κ3) is 3.49. The summed E-state index contributed by atoms with van der Waals surface area (Å²) in [5, 5.41) is 11.5. The number of rotatable bonds is 5. The predicted octanol–water partition coefficient (Wildman–Crippen LogP) is 2.64. The molecule has 3 aromatic rings. The van der Waals surface area contributed by atoms with Crippen molar-refractivity contribution in [2.24, 2.45) is 0 Å². The van der Waals surface area contributed by atoms with Crippen LogP contribution < -0.4 is 11.2 Å². The van der Waals surface area contributed by atoms with E-state index in [1.165, 1.54) is 22.7 Å². The van der Waals surface area contributed by atoms with E-state index in [9.17, 15) is 4.79 Å². The molecule has 2 heterocycles. The first kappa shape index (κ1) is 15.4. The number of aromatic nitrogens is 3. The molecule has 2 aromatic heterocycles. The fraction of sp³-hybridized carbons (Fsp3) is 0.0714. The number of para-hydroxylation sites is 1. The van der Waals surface area contributed by atoms with Crippen LogP contribution in [0.2, 0.25) is 5.02 Å². The highest BCUT2D eigenvalue weighted by molar-refractivity contribution is 7.99. The molecule has 0 aliphatic carbocycles.